The van der Waals surface area contributed by atoms with Crippen LogP contribution in [0.25, 0.3) is 0 Å². The Balaban J connectivity index is 1.65. The Morgan fingerprint density at radius 3 is 2.62 bits per heavy atom. The first-order valence-electron chi connectivity index (χ1n) is 7.45. The van der Waals surface area contributed by atoms with Gasteiger partial charge in [-0.15, -0.1) is 11.3 Å². The van der Waals surface area contributed by atoms with Crippen molar-refractivity contribution in [2.75, 3.05) is 0 Å². The third-order valence-electron chi connectivity index (χ3n) is 3.27. The molecule has 1 heterocycles. The topological polar surface area (TPSA) is 50.7 Å². The molecule has 3 rings (SSSR count). The monoisotopic (exact) mass is 336 g/mol. The maximum atomic E-state index is 12.3. The van der Waals surface area contributed by atoms with Gasteiger partial charge in [-0.3, -0.25) is 4.79 Å². The summed E-state index contributed by atoms with van der Waals surface area (Å²) in [4.78, 5) is 13.3. The Kier molecular flexibility index (Phi) is 5.37. The van der Waals surface area contributed by atoms with Crippen LogP contribution >= 0.6 is 11.3 Å². The van der Waals surface area contributed by atoms with Gasteiger partial charge in [0.2, 0.25) is 0 Å². The lowest BCUT2D eigenvalue weighted by Gasteiger charge is -2.10. The molecule has 1 aromatic heterocycles. The van der Waals surface area contributed by atoms with Crippen LogP contribution in [0.2, 0.25) is 0 Å². The fourth-order valence-electron chi connectivity index (χ4n) is 2.09. The molecule has 0 aliphatic rings. The third kappa shape index (κ3) is 4.30. The number of para-hydroxylation sites is 1. The molecular formula is C19H16N2O2S. The van der Waals surface area contributed by atoms with E-state index in [0.29, 0.717) is 17.9 Å². The Morgan fingerprint density at radius 1 is 1.04 bits per heavy atom. The Labute approximate surface area is 144 Å². The van der Waals surface area contributed by atoms with Gasteiger partial charge in [-0.05, 0) is 29.1 Å². The molecule has 0 fully saturated rings. The molecule has 0 spiro atoms. The summed E-state index contributed by atoms with van der Waals surface area (Å²) in [5, 5.41) is 5.93. The molecular weight excluding hydrogens is 320 g/mol. The van der Waals surface area contributed by atoms with Gasteiger partial charge >= 0.3 is 0 Å². The maximum absolute atomic E-state index is 12.3. The number of nitrogens with zero attached hydrogens (tertiary/aromatic N) is 1. The minimum absolute atomic E-state index is 0.300. The number of hydrazone groups is 1. The summed E-state index contributed by atoms with van der Waals surface area (Å²) in [5.74, 6) is 0.233. The summed E-state index contributed by atoms with van der Waals surface area (Å²) in [6.07, 6.45) is 1.62. The first-order chi connectivity index (χ1) is 11.8. The quantitative estimate of drug-likeness (QED) is 0.544. The molecule has 0 saturated heterocycles. The Morgan fingerprint density at radius 2 is 1.83 bits per heavy atom. The van der Waals surface area contributed by atoms with E-state index in [1.165, 1.54) is 0 Å². The molecule has 120 valence electrons. The zero-order chi connectivity index (χ0) is 16.6. The first-order valence-corrected chi connectivity index (χ1v) is 8.33. The molecule has 3 aromatic rings. The van der Waals surface area contributed by atoms with Gasteiger partial charge in [-0.2, -0.15) is 5.10 Å². The van der Waals surface area contributed by atoms with Crippen molar-refractivity contribution in [3.05, 3.63) is 88.1 Å². The number of carbonyl (C=O) groups is 1. The van der Waals surface area contributed by atoms with E-state index >= 15 is 0 Å². The molecule has 0 bridgehead atoms. The Hall–Kier alpha value is -2.92. The van der Waals surface area contributed by atoms with E-state index < -0.39 is 0 Å². The number of ether oxygens (including phenoxy) is 1. The van der Waals surface area contributed by atoms with Crippen molar-refractivity contribution in [3.8, 4) is 5.75 Å². The molecule has 0 aliphatic heterocycles. The van der Waals surface area contributed by atoms with E-state index in [1.807, 2.05) is 53.9 Å². The van der Waals surface area contributed by atoms with Crippen molar-refractivity contribution in [3.63, 3.8) is 0 Å². The third-order valence-corrected chi connectivity index (χ3v) is 4.08. The van der Waals surface area contributed by atoms with E-state index in [0.717, 1.165) is 10.4 Å². The van der Waals surface area contributed by atoms with Crippen LogP contribution in [0.1, 0.15) is 20.8 Å². The van der Waals surface area contributed by atoms with Crippen LogP contribution in [-0.4, -0.2) is 12.1 Å². The van der Waals surface area contributed by atoms with Crippen molar-refractivity contribution in [2.24, 2.45) is 5.10 Å². The molecule has 0 radical (unpaired) electrons. The largest absolute Gasteiger partial charge is 0.488 e. The van der Waals surface area contributed by atoms with Crippen LogP contribution < -0.4 is 10.2 Å². The number of hydrogen-bond acceptors (Lipinski definition) is 4. The minimum atomic E-state index is -0.300. The number of carbonyl (C=O) groups excluding carboxylic acids is 1. The number of thiophene rings is 1. The van der Waals surface area contributed by atoms with Gasteiger partial charge in [0.1, 0.15) is 12.4 Å². The van der Waals surface area contributed by atoms with Gasteiger partial charge in [0, 0.05) is 4.88 Å². The van der Waals surface area contributed by atoms with Crippen LogP contribution in [0.5, 0.6) is 5.75 Å². The van der Waals surface area contributed by atoms with Gasteiger partial charge in [0.15, 0.2) is 0 Å². The standard InChI is InChI=1S/C19H16N2O2S/c22-19(21-20-13-16-9-6-12-24-16)17-10-4-5-11-18(17)23-14-15-7-2-1-3-8-15/h1-13H,14H2,(H,21,22)/b20-13+. The van der Waals surface area contributed by atoms with Crippen molar-refractivity contribution in [2.45, 2.75) is 6.61 Å². The molecule has 1 amide bonds. The first kappa shape index (κ1) is 16.0. The van der Waals surface area contributed by atoms with Crippen molar-refractivity contribution < 1.29 is 9.53 Å². The Bertz CT molecular complexity index is 814. The average molecular weight is 336 g/mol. The number of nitrogens with one attached hydrogen (secondary N) is 1. The van der Waals surface area contributed by atoms with Crippen LogP contribution in [0.4, 0.5) is 0 Å². The molecule has 0 unspecified atom stereocenters. The second-order valence-electron chi connectivity index (χ2n) is 4.98. The van der Waals surface area contributed by atoms with Gasteiger partial charge in [0.05, 0.1) is 11.8 Å². The summed E-state index contributed by atoms with van der Waals surface area (Å²) < 4.78 is 5.79. The predicted molar refractivity (Wildman–Crippen MR) is 96.6 cm³/mol. The molecule has 0 aliphatic carbocycles. The number of hydrogen-bond donors (Lipinski definition) is 1. The molecule has 0 saturated carbocycles. The van der Waals surface area contributed by atoms with E-state index in [4.69, 9.17) is 4.74 Å². The fourth-order valence-corrected chi connectivity index (χ4v) is 2.68. The normalized spacial score (nSPS) is 10.7. The van der Waals surface area contributed by atoms with E-state index in [9.17, 15) is 4.79 Å². The number of benzene rings is 2. The van der Waals surface area contributed by atoms with Gasteiger partial charge < -0.3 is 4.74 Å². The van der Waals surface area contributed by atoms with Crippen molar-refractivity contribution >= 4 is 23.5 Å². The highest BCUT2D eigenvalue weighted by atomic mass is 32.1. The predicted octanol–water partition coefficient (Wildman–Crippen LogP) is 4.09. The smallest absolute Gasteiger partial charge is 0.275 e. The van der Waals surface area contributed by atoms with E-state index in [2.05, 4.69) is 10.5 Å². The molecule has 2 aromatic carbocycles. The van der Waals surface area contributed by atoms with Crippen LogP contribution in [0.3, 0.4) is 0 Å². The SMILES string of the molecule is O=C(N/N=C/c1cccs1)c1ccccc1OCc1ccccc1. The number of amides is 1. The summed E-state index contributed by atoms with van der Waals surface area (Å²) in [6.45, 7) is 0.406. The minimum Gasteiger partial charge on any atom is -0.488 e. The van der Waals surface area contributed by atoms with Gasteiger partial charge in [-0.1, -0.05) is 48.5 Å². The molecule has 24 heavy (non-hydrogen) atoms. The zero-order valence-corrected chi connectivity index (χ0v) is 13.7. The lowest BCUT2D eigenvalue weighted by atomic mass is 10.2. The fraction of sp³-hybridized carbons (Fsp3) is 0.0526. The van der Waals surface area contributed by atoms with Crippen molar-refractivity contribution in [1.82, 2.24) is 5.43 Å². The van der Waals surface area contributed by atoms with Gasteiger partial charge in [0.25, 0.3) is 5.91 Å². The molecule has 0 atom stereocenters. The highest BCUT2D eigenvalue weighted by molar-refractivity contribution is 7.11. The van der Waals surface area contributed by atoms with E-state index in [-0.39, 0.29) is 5.91 Å². The second-order valence-corrected chi connectivity index (χ2v) is 5.96. The van der Waals surface area contributed by atoms with E-state index in [1.54, 1.807) is 35.8 Å². The summed E-state index contributed by atoms with van der Waals surface area (Å²) in [6, 6.07) is 20.8. The lowest BCUT2D eigenvalue weighted by Crippen LogP contribution is -2.18. The van der Waals surface area contributed by atoms with Crippen LogP contribution in [-0.2, 0) is 6.61 Å². The lowest BCUT2D eigenvalue weighted by molar-refractivity contribution is 0.0950. The highest BCUT2D eigenvalue weighted by Gasteiger charge is 2.11. The molecule has 4 nitrogen and oxygen atoms in total. The van der Waals surface area contributed by atoms with Crippen LogP contribution in [0, 0.1) is 0 Å². The summed E-state index contributed by atoms with van der Waals surface area (Å²) in [7, 11) is 0. The molecule has 1 N–H and O–H groups in total. The summed E-state index contributed by atoms with van der Waals surface area (Å²) >= 11 is 1.55. The second kappa shape index (κ2) is 8.08. The average Bonchev–Trinajstić information content (AvgIpc) is 3.14. The molecule has 5 heteroatoms. The number of rotatable bonds is 6. The zero-order valence-electron chi connectivity index (χ0n) is 12.9. The van der Waals surface area contributed by atoms with Gasteiger partial charge in [-0.25, -0.2) is 5.43 Å². The highest BCUT2D eigenvalue weighted by Crippen LogP contribution is 2.19. The maximum Gasteiger partial charge on any atom is 0.275 e. The summed E-state index contributed by atoms with van der Waals surface area (Å²) in [5.41, 5.74) is 4.03. The van der Waals surface area contributed by atoms with Crippen molar-refractivity contribution in [1.29, 1.82) is 0 Å². The van der Waals surface area contributed by atoms with Crippen LogP contribution in [0.15, 0.2) is 77.2 Å².